The van der Waals surface area contributed by atoms with E-state index in [0.29, 0.717) is 25.7 Å². The van der Waals surface area contributed by atoms with Crippen molar-refractivity contribution in [2.24, 2.45) is 0 Å². The van der Waals surface area contributed by atoms with Gasteiger partial charge in [-0.25, -0.2) is 0 Å². The van der Waals surface area contributed by atoms with E-state index in [4.69, 9.17) is 5.11 Å². The normalized spacial score (nSPS) is 28.9. The van der Waals surface area contributed by atoms with Gasteiger partial charge in [-0.05, 0) is 26.2 Å². The summed E-state index contributed by atoms with van der Waals surface area (Å²) in [7, 11) is 0. The highest BCUT2D eigenvalue weighted by Crippen LogP contribution is 2.17. The molecule has 0 aliphatic carbocycles. The minimum atomic E-state index is -0.212. The average molecular weight is 212 g/mol. The van der Waals surface area contributed by atoms with Gasteiger partial charge in [-0.15, -0.1) is 0 Å². The molecule has 0 unspecified atom stereocenters. The maximum Gasteiger partial charge on any atom is 0.236 e. The molecule has 1 N–H and O–H groups in total. The van der Waals surface area contributed by atoms with Crippen LogP contribution in [-0.4, -0.2) is 59.1 Å². The quantitative estimate of drug-likeness (QED) is 0.704. The summed E-state index contributed by atoms with van der Waals surface area (Å²) in [6.45, 7) is 4.85. The summed E-state index contributed by atoms with van der Waals surface area (Å²) in [5.74, 6) is 0.231. The average Bonchev–Trinajstić information content (AvgIpc) is 2.16. The molecule has 0 saturated carbocycles. The first-order chi connectivity index (χ1) is 7.16. The minimum Gasteiger partial charge on any atom is -0.390 e. The molecule has 2 rings (SSSR count). The lowest BCUT2D eigenvalue weighted by Gasteiger charge is -2.39. The number of rotatable bonds is 2. The van der Waals surface area contributed by atoms with Crippen LogP contribution in [-0.2, 0) is 4.79 Å². The maximum atomic E-state index is 11.9. The fraction of sp³-hybridized carbons (Fsp3) is 0.909. The highest BCUT2D eigenvalue weighted by molar-refractivity contribution is 5.78. The summed E-state index contributed by atoms with van der Waals surface area (Å²) >= 11 is 0. The first-order valence-corrected chi connectivity index (χ1v) is 5.86. The highest BCUT2D eigenvalue weighted by Gasteiger charge is 2.29. The first-order valence-electron chi connectivity index (χ1n) is 5.86. The van der Waals surface area contributed by atoms with Crippen LogP contribution in [0.2, 0.25) is 0 Å². The third-order valence-electron chi connectivity index (χ3n) is 3.42. The Balaban J connectivity index is 1.79. The molecule has 0 spiro atoms. The first kappa shape index (κ1) is 10.9. The molecule has 0 bridgehead atoms. The van der Waals surface area contributed by atoms with Crippen molar-refractivity contribution < 1.29 is 9.90 Å². The molecule has 2 saturated heterocycles. The third-order valence-corrected chi connectivity index (χ3v) is 3.42. The SMILES string of the molecule is C[C@H]1CCCCN1C(=O)CN1CC(O)C1. The summed E-state index contributed by atoms with van der Waals surface area (Å²) in [4.78, 5) is 15.9. The summed E-state index contributed by atoms with van der Waals surface area (Å²) in [5.41, 5.74) is 0. The predicted molar refractivity (Wildman–Crippen MR) is 57.5 cm³/mol. The third kappa shape index (κ3) is 2.49. The summed E-state index contributed by atoms with van der Waals surface area (Å²) < 4.78 is 0. The summed E-state index contributed by atoms with van der Waals surface area (Å²) in [5, 5.41) is 9.13. The second kappa shape index (κ2) is 4.49. The molecular weight excluding hydrogens is 192 g/mol. The zero-order valence-corrected chi connectivity index (χ0v) is 9.35. The highest BCUT2D eigenvalue weighted by atomic mass is 16.3. The van der Waals surface area contributed by atoms with Crippen molar-refractivity contribution in [3.05, 3.63) is 0 Å². The Labute approximate surface area is 90.9 Å². The van der Waals surface area contributed by atoms with Gasteiger partial charge >= 0.3 is 0 Å². The number of piperidine rings is 1. The van der Waals surface area contributed by atoms with Crippen LogP contribution in [0.25, 0.3) is 0 Å². The Morgan fingerprint density at radius 1 is 1.40 bits per heavy atom. The molecule has 2 heterocycles. The van der Waals surface area contributed by atoms with Crippen LogP contribution in [0.4, 0.5) is 0 Å². The molecule has 1 atom stereocenters. The molecule has 86 valence electrons. The van der Waals surface area contributed by atoms with Gasteiger partial charge < -0.3 is 10.0 Å². The van der Waals surface area contributed by atoms with E-state index in [1.54, 1.807) is 0 Å². The number of carbonyl (C=O) groups is 1. The standard InChI is InChI=1S/C11H20N2O2/c1-9-4-2-3-5-13(9)11(15)8-12-6-10(14)7-12/h9-10,14H,2-8H2,1H3/t9-/m0/s1. The van der Waals surface area contributed by atoms with Crippen LogP contribution in [0.15, 0.2) is 0 Å². The molecule has 0 aromatic rings. The van der Waals surface area contributed by atoms with E-state index in [9.17, 15) is 4.79 Å². The number of carbonyl (C=O) groups excluding carboxylic acids is 1. The Kier molecular flexibility index (Phi) is 3.26. The van der Waals surface area contributed by atoms with Gasteiger partial charge in [0, 0.05) is 25.7 Å². The fourth-order valence-corrected chi connectivity index (χ4v) is 2.42. The van der Waals surface area contributed by atoms with Gasteiger partial charge in [-0.2, -0.15) is 0 Å². The van der Waals surface area contributed by atoms with E-state index in [-0.39, 0.29) is 12.0 Å². The Morgan fingerprint density at radius 2 is 2.13 bits per heavy atom. The minimum absolute atomic E-state index is 0.212. The van der Waals surface area contributed by atoms with E-state index in [1.165, 1.54) is 6.42 Å². The van der Waals surface area contributed by atoms with Gasteiger partial charge in [-0.3, -0.25) is 9.69 Å². The van der Waals surface area contributed by atoms with Crippen LogP contribution in [0.3, 0.4) is 0 Å². The van der Waals surface area contributed by atoms with E-state index in [0.717, 1.165) is 19.4 Å². The Bertz CT molecular complexity index is 239. The van der Waals surface area contributed by atoms with Crippen LogP contribution in [0.1, 0.15) is 26.2 Å². The number of β-amino-alcohol motifs (C(OH)–C–C–N with tert-alkyl or cyclic N) is 1. The molecule has 0 radical (unpaired) electrons. The van der Waals surface area contributed by atoms with Gasteiger partial charge in [0.15, 0.2) is 0 Å². The molecule has 15 heavy (non-hydrogen) atoms. The number of amides is 1. The number of aliphatic hydroxyl groups excluding tert-OH is 1. The molecule has 2 aliphatic heterocycles. The molecule has 0 aromatic heterocycles. The molecular formula is C11H20N2O2. The molecule has 4 heteroatoms. The van der Waals surface area contributed by atoms with Crippen LogP contribution < -0.4 is 0 Å². The fourth-order valence-electron chi connectivity index (χ4n) is 2.42. The summed E-state index contributed by atoms with van der Waals surface area (Å²) in [6.07, 6.45) is 3.30. The van der Waals surface area contributed by atoms with Crippen molar-refractivity contribution in [1.82, 2.24) is 9.80 Å². The van der Waals surface area contributed by atoms with Gasteiger partial charge in [-0.1, -0.05) is 0 Å². The van der Waals surface area contributed by atoms with E-state index < -0.39 is 0 Å². The zero-order valence-electron chi connectivity index (χ0n) is 9.35. The zero-order chi connectivity index (χ0) is 10.8. The molecule has 4 nitrogen and oxygen atoms in total. The van der Waals surface area contributed by atoms with E-state index in [2.05, 4.69) is 6.92 Å². The number of nitrogens with zero attached hydrogens (tertiary/aromatic N) is 2. The second-order valence-corrected chi connectivity index (χ2v) is 4.78. The van der Waals surface area contributed by atoms with Crippen LogP contribution in [0.5, 0.6) is 0 Å². The lowest BCUT2D eigenvalue weighted by atomic mass is 10.0. The van der Waals surface area contributed by atoms with Gasteiger partial charge in [0.05, 0.1) is 12.6 Å². The van der Waals surface area contributed by atoms with Gasteiger partial charge in [0.1, 0.15) is 0 Å². The number of hydrogen-bond acceptors (Lipinski definition) is 3. The van der Waals surface area contributed by atoms with E-state index >= 15 is 0 Å². The number of hydrogen-bond donors (Lipinski definition) is 1. The molecule has 1 amide bonds. The second-order valence-electron chi connectivity index (χ2n) is 4.78. The maximum absolute atomic E-state index is 11.9. The van der Waals surface area contributed by atoms with Crippen LogP contribution in [0, 0.1) is 0 Å². The Hall–Kier alpha value is -0.610. The van der Waals surface area contributed by atoms with Crippen molar-refractivity contribution in [3.63, 3.8) is 0 Å². The Morgan fingerprint density at radius 3 is 2.73 bits per heavy atom. The van der Waals surface area contributed by atoms with Crippen molar-refractivity contribution in [1.29, 1.82) is 0 Å². The summed E-state index contributed by atoms with van der Waals surface area (Å²) in [6, 6.07) is 0.400. The van der Waals surface area contributed by atoms with Gasteiger partial charge in [0.2, 0.25) is 5.91 Å². The lowest BCUT2D eigenvalue weighted by Crippen LogP contribution is -2.55. The molecule has 2 fully saturated rings. The number of likely N-dealkylation sites (tertiary alicyclic amines) is 2. The van der Waals surface area contributed by atoms with Crippen molar-refractivity contribution in [2.75, 3.05) is 26.2 Å². The van der Waals surface area contributed by atoms with Crippen molar-refractivity contribution in [3.8, 4) is 0 Å². The van der Waals surface area contributed by atoms with Gasteiger partial charge in [0.25, 0.3) is 0 Å². The van der Waals surface area contributed by atoms with E-state index in [1.807, 2.05) is 9.80 Å². The van der Waals surface area contributed by atoms with Crippen molar-refractivity contribution in [2.45, 2.75) is 38.3 Å². The largest absolute Gasteiger partial charge is 0.390 e. The van der Waals surface area contributed by atoms with Crippen LogP contribution >= 0.6 is 0 Å². The van der Waals surface area contributed by atoms with Crippen molar-refractivity contribution >= 4 is 5.91 Å². The topological polar surface area (TPSA) is 43.8 Å². The smallest absolute Gasteiger partial charge is 0.236 e. The number of aliphatic hydroxyl groups is 1. The molecule has 0 aromatic carbocycles. The lowest BCUT2D eigenvalue weighted by molar-refractivity contribution is -0.138. The molecule has 2 aliphatic rings. The monoisotopic (exact) mass is 212 g/mol. The predicted octanol–water partition coefficient (Wildman–Crippen LogP) is 0.0639.